The minimum absolute atomic E-state index is 0. The van der Waals surface area contributed by atoms with Gasteiger partial charge in [-0.15, -0.1) is 0 Å². The smallest absolute Gasteiger partial charge is 1.00 e. The zero-order chi connectivity index (χ0) is 6.41. The summed E-state index contributed by atoms with van der Waals surface area (Å²) in [5.41, 5.74) is 0. The van der Waals surface area contributed by atoms with Crippen molar-refractivity contribution in [2.24, 2.45) is 0 Å². The van der Waals surface area contributed by atoms with Gasteiger partial charge in [0.15, 0.2) is 0 Å². The molecule has 0 spiro atoms. The molecule has 0 aliphatic carbocycles. The molecule has 0 aliphatic rings. The summed E-state index contributed by atoms with van der Waals surface area (Å²) in [7, 11) is 0. The number of halogens is 6. The van der Waals surface area contributed by atoms with E-state index >= 15 is 0 Å². The molecule has 0 saturated carbocycles. The molecule has 0 bridgehead atoms. The molecule has 48 valence electrons. The molecule has 0 atom stereocenters. The maximum atomic E-state index is 9.93. The molecular weight excluding hydrogens is 246 g/mol. The molecule has 0 fully saturated rings. The molecule has 8 heteroatoms. The Kier molecular flexibility index (Phi) is 3.11. The second kappa shape index (κ2) is 1.97. The first kappa shape index (κ1) is 12.6. The Bertz CT molecular complexity index is 67.1. The van der Waals surface area contributed by atoms with Crippen LogP contribution in [-0.4, -0.2) is 0 Å². The van der Waals surface area contributed by atoms with Gasteiger partial charge in [-0.25, -0.2) is 0 Å². The van der Waals surface area contributed by atoms with Gasteiger partial charge in [0.1, 0.15) is 0 Å². The minimum atomic E-state index is -11.2. The maximum absolute atomic E-state index is 11.2. The maximum Gasteiger partial charge on any atom is 1.00 e. The van der Waals surface area contributed by atoms with Crippen molar-refractivity contribution in [2.45, 2.75) is 0 Å². The Balaban J connectivity index is 0. The first-order chi connectivity index (χ1) is 2.45. The van der Waals surface area contributed by atoms with Gasteiger partial charge in [0, 0.05) is 0 Å². The number of hydrogen-bond donors (Lipinski definition) is 0. The Hall–Kier alpha value is 1.96. The third-order valence-corrected chi connectivity index (χ3v) is 0. The summed E-state index contributed by atoms with van der Waals surface area (Å²) in [6.45, 7) is 0. The van der Waals surface area contributed by atoms with Gasteiger partial charge in [0.25, 0.3) is 0 Å². The largest absolute Gasteiger partial charge is 1.00 e. The second-order valence-corrected chi connectivity index (χ2v) is 5.67. The average molecular weight is 246 g/mol. The van der Waals surface area contributed by atoms with Crippen LogP contribution in [0.5, 0.6) is 0 Å². The quantitative estimate of drug-likeness (QED) is 0.400. The second-order valence-electron chi connectivity index (χ2n) is 0.958. The van der Waals surface area contributed by atoms with E-state index in [0.717, 1.165) is 0 Å². The molecule has 8 heavy (non-hydrogen) atoms. The van der Waals surface area contributed by atoms with Crippen molar-refractivity contribution in [1.29, 1.82) is 0 Å². The van der Waals surface area contributed by atoms with Crippen LogP contribution in [0.3, 0.4) is 0 Å². The van der Waals surface area contributed by atoms with Gasteiger partial charge in [-0.1, -0.05) is 0 Å². The van der Waals surface area contributed by atoms with E-state index in [1.165, 1.54) is 0 Å². The molecule has 0 heterocycles. The van der Waals surface area contributed by atoms with Crippen LogP contribution in [0, 0.1) is 0 Å². The van der Waals surface area contributed by atoms with Crippen molar-refractivity contribution in [2.75, 3.05) is 0 Å². The molecule has 0 amide bonds. The summed E-state index contributed by atoms with van der Waals surface area (Å²) in [6.07, 6.45) is 0. The summed E-state index contributed by atoms with van der Waals surface area (Å²) >= 11 is -11.2. The van der Waals surface area contributed by atoms with Gasteiger partial charge in [0.2, 0.25) is 0 Å². The molecule has 0 aliphatic heterocycles. The average Bonchev–Trinajstić information content (AvgIpc) is 0.592. The Labute approximate surface area is 85.6 Å². The molecule has 0 aromatic rings. The first-order valence-electron chi connectivity index (χ1n) is 1.01. The van der Waals surface area contributed by atoms with Crippen LogP contribution in [-0.2, 0) is 17.8 Å². The van der Waals surface area contributed by atoms with Crippen LogP contribution in [0.25, 0.3) is 0 Å². The monoisotopic (exact) mass is 246 g/mol. The molecule has 0 rings (SSSR count). The van der Waals surface area contributed by atoms with Crippen molar-refractivity contribution < 1.29 is 87.3 Å². The third kappa shape index (κ3) is 101. The van der Waals surface area contributed by atoms with E-state index in [1.807, 2.05) is 0 Å². The van der Waals surface area contributed by atoms with Gasteiger partial charge < -0.3 is 0 Å². The van der Waals surface area contributed by atoms with Gasteiger partial charge in [-0.2, -0.15) is 0 Å². The van der Waals surface area contributed by atoms with Crippen molar-refractivity contribution in [3.8, 4) is 0 Å². The molecule has 0 saturated heterocycles. The topological polar surface area (TPSA) is 0 Å². The van der Waals surface area contributed by atoms with Crippen molar-refractivity contribution in [3.05, 3.63) is 0 Å². The zero-order valence-corrected chi connectivity index (χ0v) is 9.04. The fourth-order valence-electron chi connectivity index (χ4n) is 0. The van der Waals surface area contributed by atoms with Crippen molar-refractivity contribution in [3.63, 3.8) is 0 Å². The van der Waals surface area contributed by atoms with E-state index in [9.17, 15) is 18.1 Å². The van der Waals surface area contributed by atoms with Gasteiger partial charge >= 0.3 is 87.3 Å². The van der Waals surface area contributed by atoms with E-state index in [0.29, 0.717) is 0 Å². The van der Waals surface area contributed by atoms with Crippen LogP contribution in [0.1, 0.15) is 0 Å². The molecule has 0 N–H and O–H groups in total. The van der Waals surface area contributed by atoms with Crippen molar-refractivity contribution in [1.82, 2.24) is 0 Å². The Morgan fingerprint density at radius 1 is 0.625 bits per heavy atom. The standard InChI is InChI=1S/6FH.K.Nb/h6*1H;;/q;;;;;;+1;+5/p-6. The summed E-state index contributed by atoms with van der Waals surface area (Å²) < 4.78 is 59.6. The van der Waals surface area contributed by atoms with Gasteiger partial charge in [0.05, 0.1) is 0 Å². The third-order valence-electron chi connectivity index (χ3n) is 0. The van der Waals surface area contributed by atoms with Crippen LogP contribution in [0.2, 0.25) is 0 Å². The van der Waals surface area contributed by atoms with E-state index < -0.39 is 17.8 Å². The van der Waals surface area contributed by atoms with E-state index in [-0.39, 0.29) is 51.4 Å². The summed E-state index contributed by atoms with van der Waals surface area (Å²) in [4.78, 5) is 0. The SMILES string of the molecule is [F][Nb-]([F])([F])([F])([F])[F].[K+]. The van der Waals surface area contributed by atoms with Gasteiger partial charge in [-0.05, 0) is 0 Å². The van der Waals surface area contributed by atoms with Crippen LogP contribution in [0.4, 0.5) is 18.1 Å². The van der Waals surface area contributed by atoms with Gasteiger partial charge in [-0.3, -0.25) is 0 Å². The molecular formula is F6KNb. The summed E-state index contributed by atoms with van der Waals surface area (Å²) in [5.74, 6) is 0. The molecule has 0 unspecified atom stereocenters. The molecule has 0 nitrogen and oxygen atoms in total. The zero-order valence-electron chi connectivity index (χ0n) is 3.72. The van der Waals surface area contributed by atoms with E-state index in [4.69, 9.17) is 0 Å². The predicted octanol–water partition coefficient (Wildman–Crippen LogP) is -0.477. The molecule has 0 aromatic heterocycles. The fourth-order valence-corrected chi connectivity index (χ4v) is 0. The first-order valence-corrected chi connectivity index (χ1v) is 6.00. The minimum Gasteiger partial charge on any atom is 1.00 e. The van der Waals surface area contributed by atoms with E-state index in [1.54, 1.807) is 0 Å². The summed E-state index contributed by atoms with van der Waals surface area (Å²) in [6, 6.07) is 0. The number of hydrogen-bond acceptors (Lipinski definition) is 0. The molecule has 0 radical (unpaired) electrons. The van der Waals surface area contributed by atoms with Crippen LogP contribution in [0.15, 0.2) is 0 Å². The Morgan fingerprint density at radius 2 is 0.625 bits per heavy atom. The van der Waals surface area contributed by atoms with Crippen molar-refractivity contribution >= 4 is 0 Å². The van der Waals surface area contributed by atoms with Crippen LogP contribution < -0.4 is 51.4 Å². The fraction of sp³-hybridized carbons (Fsp3) is 0. The Morgan fingerprint density at radius 3 is 0.625 bits per heavy atom. The summed E-state index contributed by atoms with van der Waals surface area (Å²) in [5, 5.41) is 0. The van der Waals surface area contributed by atoms with Crippen LogP contribution >= 0.6 is 0 Å². The number of rotatable bonds is 0. The van der Waals surface area contributed by atoms with E-state index in [2.05, 4.69) is 0 Å². The normalized spacial score (nSPS) is 20.2. The predicted molar refractivity (Wildman–Crippen MR) is 6.65 cm³/mol. The molecule has 0 aromatic carbocycles.